The minimum atomic E-state index is -0.739. The molecule has 0 saturated heterocycles. The van der Waals surface area contributed by atoms with E-state index in [1.807, 2.05) is 19.9 Å². The summed E-state index contributed by atoms with van der Waals surface area (Å²) in [7, 11) is 0. The van der Waals surface area contributed by atoms with E-state index < -0.39 is 6.10 Å². The summed E-state index contributed by atoms with van der Waals surface area (Å²) in [5, 5.41) is 12.4. The zero-order valence-electron chi connectivity index (χ0n) is 13.9. The Morgan fingerprint density at radius 1 is 1.29 bits per heavy atom. The van der Waals surface area contributed by atoms with E-state index in [1.54, 1.807) is 24.3 Å². The van der Waals surface area contributed by atoms with Crippen LogP contribution in [0.1, 0.15) is 22.8 Å². The van der Waals surface area contributed by atoms with Crippen molar-refractivity contribution in [3.05, 3.63) is 59.4 Å². The number of carbonyl (C=O) groups is 1. The lowest BCUT2D eigenvalue weighted by atomic mass is 9.98. The Morgan fingerprint density at radius 2 is 2.08 bits per heavy atom. The second kappa shape index (κ2) is 8.57. The Balaban J connectivity index is 2.08. The van der Waals surface area contributed by atoms with Crippen molar-refractivity contribution in [2.75, 3.05) is 19.8 Å². The van der Waals surface area contributed by atoms with E-state index >= 15 is 0 Å². The quantitative estimate of drug-likeness (QED) is 0.820. The Bertz CT molecular complexity index is 703. The molecule has 0 heterocycles. The Hall–Kier alpha value is -2.24. The maximum Gasteiger partial charge on any atom is 0.251 e. The maximum absolute atomic E-state index is 13.2. The normalized spacial score (nSPS) is 12.0. The standard InChI is InChI=1S/C19H22FNO3/c1-3-24-12-17(22)11-21-19(23)15-6-4-5-14(10-15)18-8-7-16(20)9-13(18)2/h4-10,17,22H,3,11-12H2,1-2H3,(H,21,23). The minimum Gasteiger partial charge on any atom is -0.389 e. The fourth-order valence-electron chi connectivity index (χ4n) is 2.40. The Morgan fingerprint density at radius 3 is 2.79 bits per heavy atom. The van der Waals surface area contributed by atoms with Crippen molar-refractivity contribution in [2.45, 2.75) is 20.0 Å². The molecule has 1 amide bonds. The summed E-state index contributed by atoms with van der Waals surface area (Å²) in [4.78, 5) is 12.2. The molecule has 2 N–H and O–H groups in total. The van der Waals surface area contributed by atoms with Crippen LogP contribution in [0.5, 0.6) is 0 Å². The van der Waals surface area contributed by atoms with Crippen LogP contribution in [0.4, 0.5) is 4.39 Å². The molecule has 128 valence electrons. The first-order chi connectivity index (χ1) is 11.5. The molecule has 0 fully saturated rings. The predicted octanol–water partition coefficient (Wildman–Crippen LogP) is 2.93. The zero-order valence-corrected chi connectivity index (χ0v) is 13.9. The lowest BCUT2D eigenvalue weighted by Crippen LogP contribution is -2.34. The number of aliphatic hydroxyl groups excluding tert-OH is 1. The minimum absolute atomic E-state index is 0.124. The molecule has 1 unspecified atom stereocenters. The molecule has 0 saturated carbocycles. The molecule has 2 aromatic carbocycles. The Labute approximate surface area is 141 Å². The number of aryl methyl sites for hydroxylation is 1. The first kappa shape index (κ1) is 18.1. The number of halogens is 1. The summed E-state index contributed by atoms with van der Waals surface area (Å²) in [5.74, 6) is -0.555. The van der Waals surface area contributed by atoms with Crippen molar-refractivity contribution in [3.8, 4) is 11.1 Å². The number of hydrogen-bond donors (Lipinski definition) is 2. The molecule has 0 aromatic heterocycles. The molecular formula is C19H22FNO3. The van der Waals surface area contributed by atoms with Crippen molar-refractivity contribution in [3.63, 3.8) is 0 Å². The van der Waals surface area contributed by atoms with Gasteiger partial charge in [-0.2, -0.15) is 0 Å². The molecule has 0 spiro atoms. The van der Waals surface area contributed by atoms with Gasteiger partial charge in [0.1, 0.15) is 5.82 Å². The number of rotatable bonds is 7. The summed E-state index contributed by atoms with van der Waals surface area (Å²) < 4.78 is 18.3. The molecule has 0 aliphatic rings. The van der Waals surface area contributed by atoms with E-state index in [2.05, 4.69) is 5.32 Å². The van der Waals surface area contributed by atoms with Gasteiger partial charge in [0.05, 0.1) is 12.7 Å². The SMILES string of the molecule is CCOCC(O)CNC(=O)c1cccc(-c2ccc(F)cc2C)c1. The van der Waals surface area contributed by atoms with Gasteiger partial charge in [0.15, 0.2) is 0 Å². The van der Waals surface area contributed by atoms with Gasteiger partial charge in [0, 0.05) is 18.7 Å². The Kier molecular flexibility index (Phi) is 6.46. The number of nitrogens with one attached hydrogen (secondary N) is 1. The van der Waals surface area contributed by atoms with Crippen molar-refractivity contribution < 1.29 is 19.0 Å². The van der Waals surface area contributed by atoms with Gasteiger partial charge >= 0.3 is 0 Å². The van der Waals surface area contributed by atoms with E-state index in [1.165, 1.54) is 12.1 Å². The van der Waals surface area contributed by atoms with Crippen LogP contribution in [0.15, 0.2) is 42.5 Å². The van der Waals surface area contributed by atoms with Gasteiger partial charge in [-0.1, -0.05) is 18.2 Å². The molecule has 5 heteroatoms. The van der Waals surface area contributed by atoms with E-state index in [0.29, 0.717) is 12.2 Å². The highest BCUT2D eigenvalue weighted by molar-refractivity contribution is 5.95. The van der Waals surface area contributed by atoms with Crippen LogP contribution in [0.2, 0.25) is 0 Å². The van der Waals surface area contributed by atoms with Gasteiger partial charge in [0.25, 0.3) is 5.91 Å². The largest absolute Gasteiger partial charge is 0.389 e. The third-order valence-electron chi connectivity index (χ3n) is 3.64. The van der Waals surface area contributed by atoms with Crippen LogP contribution in [0.3, 0.4) is 0 Å². The maximum atomic E-state index is 13.2. The molecule has 2 rings (SSSR count). The number of hydrogen-bond acceptors (Lipinski definition) is 3. The van der Waals surface area contributed by atoms with Crippen LogP contribution in [0, 0.1) is 12.7 Å². The van der Waals surface area contributed by atoms with Crippen LogP contribution >= 0.6 is 0 Å². The van der Waals surface area contributed by atoms with Gasteiger partial charge < -0.3 is 15.2 Å². The summed E-state index contributed by atoms with van der Waals surface area (Å²) in [5.41, 5.74) is 3.01. The summed E-state index contributed by atoms with van der Waals surface area (Å²) in [6, 6.07) is 11.7. The topological polar surface area (TPSA) is 58.6 Å². The van der Waals surface area contributed by atoms with Crippen LogP contribution in [0.25, 0.3) is 11.1 Å². The van der Waals surface area contributed by atoms with Gasteiger partial charge in [-0.05, 0) is 54.8 Å². The van der Waals surface area contributed by atoms with Crippen LogP contribution in [-0.2, 0) is 4.74 Å². The van der Waals surface area contributed by atoms with E-state index in [9.17, 15) is 14.3 Å². The molecule has 2 aromatic rings. The average molecular weight is 331 g/mol. The zero-order chi connectivity index (χ0) is 17.5. The molecule has 24 heavy (non-hydrogen) atoms. The first-order valence-corrected chi connectivity index (χ1v) is 7.92. The first-order valence-electron chi connectivity index (χ1n) is 7.92. The van der Waals surface area contributed by atoms with Gasteiger partial charge in [-0.3, -0.25) is 4.79 Å². The van der Waals surface area contributed by atoms with Crippen molar-refractivity contribution in [2.24, 2.45) is 0 Å². The number of aliphatic hydroxyl groups is 1. The highest BCUT2D eigenvalue weighted by atomic mass is 19.1. The van der Waals surface area contributed by atoms with Gasteiger partial charge in [-0.15, -0.1) is 0 Å². The van der Waals surface area contributed by atoms with Crippen molar-refractivity contribution in [1.29, 1.82) is 0 Å². The highest BCUT2D eigenvalue weighted by Crippen LogP contribution is 2.24. The summed E-state index contributed by atoms with van der Waals surface area (Å²) in [6.07, 6.45) is -0.739. The predicted molar refractivity (Wildman–Crippen MR) is 91.4 cm³/mol. The third-order valence-corrected chi connectivity index (χ3v) is 3.64. The van der Waals surface area contributed by atoms with Crippen molar-refractivity contribution in [1.82, 2.24) is 5.32 Å². The monoisotopic (exact) mass is 331 g/mol. The van der Waals surface area contributed by atoms with Crippen LogP contribution in [-0.4, -0.2) is 36.9 Å². The van der Waals surface area contributed by atoms with Crippen molar-refractivity contribution >= 4 is 5.91 Å². The second-order valence-corrected chi connectivity index (χ2v) is 5.56. The van der Waals surface area contributed by atoms with Crippen LogP contribution < -0.4 is 5.32 Å². The molecular weight excluding hydrogens is 309 g/mol. The number of benzene rings is 2. The van der Waals surface area contributed by atoms with E-state index in [-0.39, 0.29) is 24.9 Å². The average Bonchev–Trinajstić information content (AvgIpc) is 2.58. The second-order valence-electron chi connectivity index (χ2n) is 5.56. The molecule has 0 aliphatic heterocycles. The lowest BCUT2D eigenvalue weighted by molar-refractivity contribution is 0.0418. The van der Waals surface area contributed by atoms with Gasteiger partial charge in [0.2, 0.25) is 0 Å². The number of carbonyl (C=O) groups excluding carboxylic acids is 1. The highest BCUT2D eigenvalue weighted by Gasteiger charge is 2.11. The van der Waals surface area contributed by atoms with E-state index in [0.717, 1.165) is 16.7 Å². The number of ether oxygens (including phenoxy) is 1. The third kappa shape index (κ3) is 4.88. The summed E-state index contributed by atoms with van der Waals surface area (Å²) in [6.45, 7) is 4.50. The molecule has 0 bridgehead atoms. The number of amides is 1. The van der Waals surface area contributed by atoms with Gasteiger partial charge in [-0.25, -0.2) is 4.39 Å². The molecule has 0 aliphatic carbocycles. The molecule has 4 nitrogen and oxygen atoms in total. The molecule has 1 atom stereocenters. The smallest absolute Gasteiger partial charge is 0.251 e. The fourth-order valence-corrected chi connectivity index (χ4v) is 2.40. The molecule has 0 radical (unpaired) electrons. The fraction of sp³-hybridized carbons (Fsp3) is 0.316. The summed E-state index contributed by atoms with van der Waals surface area (Å²) >= 11 is 0. The van der Waals surface area contributed by atoms with E-state index in [4.69, 9.17) is 4.74 Å². The lowest BCUT2D eigenvalue weighted by Gasteiger charge is -2.12.